The van der Waals surface area contributed by atoms with Crippen LogP contribution in [-0.4, -0.2) is 32.8 Å². The quantitative estimate of drug-likeness (QED) is 0.400. The fraction of sp³-hybridized carbons (Fsp3) is 0.438. The molecule has 0 fully saturated rings. The molecule has 8 nitrogen and oxygen atoms in total. The van der Waals surface area contributed by atoms with Crippen molar-refractivity contribution in [2.45, 2.75) is 32.9 Å². The second-order valence-electron chi connectivity index (χ2n) is 5.73. The van der Waals surface area contributed by atoms with Gasteiger partial charge >= 0.3 is 0 Å². The summed E-state index contributed by atoms with van der Waals surface area (Å²) in [6.45, 7) is 3.51. The fourth-order valence-electron chi connectivity index (χ4n) is 2.63. The zero-order valence-corrected chi connectivity index (χ0v) is 14.8. The molecule has 1 aromatic carbocycles. The molecule has 2 rings (SSSR count). The van der Waals surface area contributed by atoms with Gasteiger partial charge in [0.25, 0.3) is 5.09 Å². The van der Waals surface area contributed by atoms with Crippen molar-refractivity contribution in [1.29, 1.82) is 0 Å². The molecule has 0 aliphatic carbocycles. The molecule has 0 saturated heterocycles. The Morgan fingerprint density at radius 2 is 2.20 bits per heavy atom. The van der Waals surface area contributed by atoms with Crippen LogP contribution in [0.5, 0.6) is 0 Å². The van der Waals surface area contributed by atoms with Crippen LogP contribution < -0.4 is 5.32 Å². The first-order chi connectivity index (χ1) is 11.9. The molecule has 1 aromatic heterocycles. The number of benzene rings is 1. The Morgan fingerprint density at radius 3 is 2.76 bits per heavy atom. The van der Waals surface area contributed by atoms with Gasteiger partial charge in [-0.1, -0.05) is 25.4 Å². The molecule has 0 aliphatic rings. The molecule has 25 heavy (non-hydrogen) atoms. The van der Waals surface area contributed by atoms with E-state index in [4.69, 9.17) is 11.6 Å². The highest BCUT2D eigenvalue weighted by molar-refractivity contribution is 6.30. The Morgan fingerprint density at radius 1 is 1.48 bits per heavy atom. The lowest BCUT2D eigenvalue weighted by Gasteiger charge is -2.36. The summed E-state index contributed by atoms with van der Waals surface area (Å²) in [7, 11) is 0. The number of rotatable bonds is 9. The lowest BCUT2D eigenvalue weighted by molar-refractivity contribution is -0.761. The van der Waals surface area contributed by atoms with Crippen LogP contribution in [0, 0.1) is 15.5 Å². The van der Waals surface area contributed by atoms with Gasteiger partial charge in [0.05, 0.1) is 11.4 Å². The topological polar surface area (TPSA) is 102 Å². The summed E-state index contributed by atoms with van der Waals surface area (Å²) >= 11 is 6.07. The number of halogens is 1. The van der Waals surface area contributed by atoms with E-state index in [0.717, 1.165) is 0 Å². The SMILES string of the molecule is CCC(CC)(CO[N+](=O)[O-])C(O)Nc1ccc(Cl)cc1-n1cccn1. The Hall–Kier alpha value is -2.32. The number of anilines is 1. The van der Waals surface area contributed by atoms with Crippen molar-refractivity contribution in [2.24, 2.45) is 5.41 Å². The third-order valence-corrected chi connectivity index (χ3v) is 4.68. The monoisotopic (exact) mass is 368 g/mol. The van der Waals surface area contributed by atoms with Crippen LogP contribution in [0.15, 0.2) is 36.7 Å². The van der Waals surface area contributed by atoms with Crippen LogP contribution in [0.2, 0.25) is 5.02 Å². The third-order valence-electron chi connectivity index (χ3n) is 4.45. The summed E-state index contributed by atoms with van der Waals surface area (Å²) in [6.07, 6.45) is 3.32. The van der Waals surface area contributed by atoms with Gasteiger partial charge < -0.3 is 15.3 Å². The van der Waals surface area contributed by atoms with Gasteiger partial charge in [-0.15, -0.1) is 10.1 Å². The summed E-state index contributed by atoms with van der Waals surface area (Å²) in [5.74, 6) is 0. The summed E-state index contributed by atoms with van der Waals surface area (Å²) in [5, 5.41) is 28.2. The second-order valence-corrected chi connectivity index (χ2v) is 6.16. The largest absolute Gasteiger partial charge is 0.373 e. The molecule has 9 heteroatoms. The van der Waals surface area contributed by atoms with Gasteiger partial charge in [0.1, 0.15) is 12.8 Å². The van der Waals surface area contributed by atoms with E-state index in [2.05, 4.69) is 15.3 Å². The summed E-state index contributed by atoms with van der Waals surface area (Å²) in [4.78, 5) is 15.1. The highest BCUT2D eigenvalue weighted by Gasteiger charge is 2.36. The molecule has 0 amide bonds. The maximum absolute atomic E-state index is 10.7. The summed E-state index contributed by atoms with van der Waals surface area (Å²) in [5.41, 5.74) is 0.453. The van der Waals surface area contributed by atoms with E-state index in [-0.39, 0.29) is 6.61 Å². The molecule has 0 saturated carbocycles. The Labute approximate surface area is 150 Å². The maximum Gasteiger partial charge on any atom is 0.294 e. The molecular formula is C16H21ClN4O4. The van der Waals surface area contributed by atoms with Gasteiger partial charge in [0.15, 0.2) is 0 Å². The van der Waals surface area contributed by atoms with Crippen molar-refractivity contribution < 1.29 is 15.0 Å². The van der Waals surface area contributed by atoms with Gasteiger partial charge in [-0.3, -0.25) is 0 Å². The zero-order chi connectivity index (χ0) is 18.4. The Bertz CT molecular complexity index is 704. The molecule has 1 atom stereocenters. The summed E-state index contributed by atoms with van der Waals surface area (Å²) < 4.78 is 1.62. The van der Waals surface area contributed by atoms with Crippen molar-refractivity contribution >= 4 is 17.3 Å². The van der Waals surface area contributed by atoms with E-state index < -0.39 is 16.7 Å². The van der Waals surface area contributed by atoms with E-state index >= 15 is 0 Å². The number of hydrogen-bond acceptors (Lipinski definition) is 6. The number of aliphatic hydroxyl groups is 1. The Kier molecular flexibility index (Phi) is 6.22. The number of aliphatic hydroxyl groups excluding tert-OH is 1. The molecule has 1 heterocycles. The minimum absolute atomic E-state index is 0.203. The van der Waals surface area contributed by atoms with Gasteiger partial charge in [-0.05, 0) is 37.1 Å². The number of aromatic nitrogens is 2. The molecule has 0 radical (unpaired) electrons. The van der Waals surface area contributed by atoms with Crippen LogP contribution in [-0.2, 0) is 4.84 Å². The first kappa shape index (κ1) is 19.0. The number of nitrogens with zero attached hydrogens (tertiary/aromatic N) is 3. The average molecular weight is 369 g/mol. The molecule has 2 aromatic rings. The van der Waals surface area contributed by atoms with Gasteiger partial charge in [-0.25, -0.2) is 4.68 Å². The third kappa shape index (κ3) is 4.40. The normalized spacial score (nSPS) is 12.6. The van der Waals surface area contributed by atoms with Crippen molar-refractivity contribution in [1.82, 2.24) is 9.78 Å². The van der Waals surface area contributed by atoms with Gasteiger partial charge in [-0.2, -0.15) is 5.10 Å². The van der Waals surface area contributed by atoms with E-state index in [1.165, 1.54) is 0 Å². The van der Waals surface area contributed by atoms with Gasteiger partial charge in [0, 0.05) is 22.8 Å². The first-order valence-electron chi connectivity index (χ1n) is 7.93. The minimum atomic E-state index is -1.06. The Balaban J connectivity index is 2.29. The van der Waals surface area contributed by atoms with Crippen molar-refractivity contribution in [3.05, 3.63) is 51.8 Å². The zero-order valence-electron chi connectivity index (χ0n) is 14.1. The fourth-order valence-corrected chi connectivity index (χ4v) is 2.80. The summed E-state index contributed by atoms with van der Waals surface area (Å²) in [6, 6.07) is 6.91. The first-order valence-corrected chi connectivity index (χ1v) is 8.31. The molecule has 1 unspecified atom stereocenters. The van der Waals surface area contributed by atoms with Crippen molar-refractivity contribution in [3.63, 3.8) is 0 Å². The minimum Gasteiger partial charge on any atom is -0.373 e. The standard InChI is InChI=1S/C16H21ClN4O4/c1-3-16(4-2,11-25-21(23)24)15(22)19-13-7-6-12(17)10-14(13)20-9-5-8-18-20/h5-10,15,19,22H,3-4,11H2,1-2H3. The molecule has 0 bridgehead atoms. The highest BCUT2D eigenvalue weighted by atomic mass is 35.5. The average Bonchev–Trinajstić information content (AvgIpc) is 3.12. The molecule has 0 spiro atoms. The van der Waals surface area contributed by atoms with Crippen LogP contribution in [0.3, 0.4) is 0 Å². The van der Waals surface area contributed by atoms with Crippen LogP contribution >= 0.6 is 11.6 Å². The molecule has 2 N–H and O–H groups in total. The number of hydrogen-bond donors (Lipinski definition) is 2. The van der Waals surface area contributed by atoms with E-state index in [9.17, 15) is 15.2 Å². The second kappa shape index (κ2) is 8.17. The predicted octanol–water partition coefficient (Wildman–Crippen LogP) is 3.27. The lowest BCUT2D eigenvalue weighted by atomic mass is 9.81. The van der Waals surface area contributed by atoms with Crippen molar-refractivity contribution in [3.8, 4) is 5.69 Å². The van der Waals surface area contributed by atoms with Crippen LogP contribution in [0.1, 0.15) is 26.7 Å². The smallest absolute Gasteiger partial charge is 0.294 e. The van der Waals surface area contributed by atoms with Crippen LogP contribution in [0.4, 0.5) is 5.69 Å². The predicted molar refractivity (Wildman–Crippen MR) is 94.2 cm³/mol. The number of nitrogens with one attached hydrogen (secondary N) is 1. The van der Waals surface area contributed by atoms with E-state index in [0.29, 0.717) is 29.2 Å². The molecule has 136 valence electrons. The molecular weight excluding hydrogens is 348 g/mol. The lowest BCUT2D eigenvalue weighted by Crippen LogP contribution is -2.44. The highest BCUT2D eigenvalue weighted by Crippen LogP contribution is 2.34. The van der Waals surface area contributed by atoms with Crippen LogP contribution in [0.25, 0.3) is 5.69 Å². The van der Waals surface area contributed by atoms with Crippen molar-refractivity contribution in [2.75, 3.05) is 11.9 Å². The maximum atomic E-state index is 10.7. The van der Waals surface area contributed by atoms with E-state index in [1.807, 2.05) is 13.8 Å². The van der Waals surface area contributed by atoms with E-state index in [1.54, 1.807) is 41.3 Å². The molecule has 0 aliphatic heterocycles. The van der Waals surface area contributed by atoms with Gasteiger partial charge in [0.2, 0.25) is 0 Å².